The van der Waals surface area contributed by atoms with E-state index in [-0.39, 0.29) is 5.82 Å². The molecular weight excluding hydrogens is 209 g/mol. The van der Waals surface area contributed by atoms with Crippen LogP contribution < -0.4 is 4.90 Å². The van der Waals surface area contributed by atoms with E-state index in [0.29, 0.717) is 17.3 Å². The monoisotopic (exact) mass is 219 g/mol. The maximum atomic E-state index is 12.7. The van der Waals surface area contributed by atoms with E-state index in [1.54, 1.807) is 31.1 Å². The molecule has 0 radical (unpaired) electrons. The lowest BCUT2D eigenvalue weighted by Crippen LogP contribution is -2.14. The summed E-state index contributed by atoms with van der Waals surface area (Å²) < 4.78 is 12.7. The van der Waals surface area contributed by atoms with E-state index in [2.05, 4.69) is 20.4 Å². The molecule has 1 aromatic heterocycles. The molecule has 0 saturated carbocycles. The van der Waals surface area contributed by atoms with Gasteiger partial charge in [-0.15, -0.1) is 20.4 Å². The van der Waals surface area contributed by atoms with Gasteiger partial charge in [-0.05, 0) is 24.3 Å². The predicted molar refractivity (Wildman–Crippen MR) is 57.3 cm³/mol. The smallest absolute Gasteiger partial charge is 0.264 e. The minimum atomic E-state index is -0.297. The van der Waals surface area contributed by atoms with Crippen LogP contribution in [0.5, 0.6) is 0 Å². The Morgan fingerprint density at radius 2 is 1.50 bits per heavy atom. The van der Waals surface area contributed by atoms with Gasteiger partial charge < -0.3 is 4.90 Å². The average molecular weight is 219 g/mol. The van der Waals surface area contributed by atoms with Gasteiger partial charge in [0.2, 0.25) is 5.82 Å². The lowest BCUT2D eigenvalue weighted by atomic mass is 10.2. The summed E-state index contributed by atoms with van der Waals surface area (Å²) in [6, 6.07) is 5.86. The third kappa shape index (κ3) is 2.10. The van der Waals surface area contributed by atoms with E-state index < -0.39 is 0 Å². The highest BCUT2D eigenvalue weighted by Gasteiger charge is 2.05. The fourth-order valence-corrected chi connectivity index (χ4v) is 1.12. The van der Waals surface area contributed by atoms with Crippen molar-refractivity contribution in [1.82, 2.24) is 20.4 Å². The van der Waals surface area contributed by atoms with Gasteiger partial charge in [0, 0.05) is 19.7 Å². The summed E-state index contributed by atoms with van der Waals surface area (Å²) in [6.07, 6.45) is 0. The Bertz CT molecular complexity index is 466. The summed E-state index contributed by atoms with van der Waals surface area (Å²) in [5.41, 5.74) is 0.687. The second-order valence-corrected chi connectivity index (χ2v) is 3.42. The van der Waals surface area contributed by atoms with Crippen molar-refractivity contribution in [1.29, 1.82) is 0 Å². The summed E-state index contributed by atoms with van der Waals surface area (Å²) in [5, 5.41) is 15.6. The predicted octanol–water partition coefficient (Wildman–Crippen LogP) is 1.14. The van der Waals surface area contributed by atoms with Crippen molar-refractivity contribution in [2.24, 2.45) is 0 Å². The van der Waals surface area contributed by atoms with Crippen LogP contribution >= 0.6 is 0 Å². The third-order valence-corrected chi connectivity index (χ3v) is 1.97. The number of benzene rings is 1. The molecule has 1 heterocycles. The molecular formula is C10H10FN5. The molecule has 1 aromatic carbocycles. The summed E-state index contributed by atoms with van der Waals surface area (Å²) >= 11 is 0. The van der Waals surface area contributed by atoms with Gasteiger partial charge in [0.1, 0.15) is 5.82 Å². The zero-order chi connectivity index (χ0) is 11.5. The van der Waals surface area contributed by atoms with E-state index in [1.165, 1.54) is 12.1 Å². The molecule has 2 rings (SSSR count). The zero-order valence-electron chi connectivity index (χ0n) is 8.92. The van der Waals surface area contributed by atoms with E-state index >= 15 is 0 Å². The summed E-state index contributed by atoms with van der Waals surface area (Å²) in [4.78, 5) is 1.70. The molecule has 16 heavy (non-hydrogen) atoms. The van der Waals surface area contributed by atoms with Crippen LogP contribution in [0.15, 0.2) is 24.3 Å². The van der Waals surface area contributed by atoms with Gasteiger partial charge >= 0.3 is 0 Å². The van der Waals surface area contributed by atoms with E-state index in [9.17, 15) is 4.39 Å². The number of rotatable bonds is 2. The minimum absolute atomic E-state index is 0.297. The first-order valence-corrected chi connectivity index (χ1v) is 4.67. The summed E-state index contributed by atoms with van der Waals surface area (Å²) in [7, 11) is 3.60. The van der Waals surface area contributed by atoms with Crippen molar-refractivity contribution in [3.8, 4) is 11.4 Å². The average Bonchev–Trinajstić information content (AvgIpc) is 2.30. The first-order chi connectivity index (χ1) is 7.66. The highest BCUT2D eigenvalue weighted by Crippen LogP contribution is 2.13. The van der Waals surface area contributed by atoms with Gasteiger partial charge in [0.05, 0.1) is 0 Å². The first-order valence-electron chi connectivity index (χ1n) is 4.67. The summed E-state index contributed by atoms with van der Waals surface area (Å²) in [5.74, 6) is 0.519. The molecule has 0 aliphatic carbocycles. The molecule has 0 saturated heterocycles. The number of halogens is 1. The van der Waals surface area contributed by atoms with E-state index in [1.807, 2.05) is 0 Å². The van der Waals surface area contributed by atoms with Gasteiger partial charge in [-0.2, -0.15) is 0 Å². The van der Waals surface area contributed by atoms with Crippen molar-refractivity contribution in [3.05, 3.63) is 30.1 Å². The molecule has 5 nitrogen and oxygen atoms in total. The Kier molecular flexibility index (Phi) is 2.72. The molecule has 0 aliphatic rings. The van der Waals surface area contributed by atoms with Gasteiger partial charge in [0.25, 0.3) is 5.95 Å². The Balaban J connectivity index is 2.31. The highest BCUT2D eigenvalue weighted by molar-refractivity contribution is 5.53. The van der Waals surface area contributed by atoms with E-state index in [4.69, 9.17) is 0 Å². The lowest BCUT2D eigenvalue weighted by molar-refractivity contribution is 0.628. The minimum Gasteiger partial charge on any atom is -0.344 e. The van der Waals surface area contributed by atoms with Crippen LogP contribution in [0.4, 0.5) is 10.3 Å². The number of hydrogen-bond donors (Lipinski definition) is 0. The fraction of sp³-hybridized carbons (Fsp3) is 0.200. The second-order valence-electron chi connectivity index (χ2n) is 3.42. The Morgan fingerprint density at radius 3 is 2.00 bits per heavy atom. The van der Waals surface area contributed by atoms with Crippen LogP contribution in [0.2, 0.25) is 0 Å². The van der Waals surface area contributed by atoms with Gasteiger partial charge in [-0.25, -0.2) is 4.39 Å². The Labute approximate surface area is 92.0 Å². The maximum absolute atomic E-state index is 12.7. The van der Waals surface area contributed by atoms with Crippen molar-refractivity contribution in [3.63, 3.8) is 0 Å². The van der Waals surface area contributed by atoms with Crippen molar-refractivity contribution >= 4 is 5.95 Å². The number of aromatic nitrogens is 4. The van der Waals surface area contributed by atoms with E-state index in [0.717, 1.165) is 0 Å². The van der Waals surface area contributed by atoms with Gasteiger partial charge in [-0.1, -0.05) is 0 Å². The second kappa shape index (κ2) is 4.18. The van der Waals surface area contributed by atoms with Crippen LogP contribution in [0.1, 0.15) is 0 Å². The fourth-order valence-electron chi connectivity index (χ4n) is 1.12. The number of nitrogens with zero attached hydrogens (tertiary/aromatic N) is 5. The Hall–Kier alpha value is -2.11. The normalized spacial score (nSPS) is 10.2. The maximum Gasteiger partial charge on any atom is 0.264 e. The lowest BCUT2D eigenvalue weighted by Gasteiger charge is -2.07. The molecule has 0 aliphatic heterocycles. The largest absolute Gasteiger partial charge is 0.344 e. The van der Waals surface area contributed by atoms with Crippen LogP contribution in [0, 0.1) is 5.82 Å². The topological polar surface area (TPSA) is 54.8 Å². The highest BCUT2D eigenvalue weighted by atomic mass is 19.1. The van der Waals surface area contributed by atoms with Crippen LogP contribution in [-0.4, -0.2) is 34.5 Å². The molecule has 0 atom stereocenters. The molecule has 0 spiro atoms. The third-order valence-electron chi connectivity index (χ3n) is 1.97. The number of hydrogen-bond acceptors (Lipinski definition) is 5. The molecule has 6 heteroatoms. The van der Waals surface area contributed by atoms with Gasteiger partial charge in [0.15, 0.2) is 0 Å². The van der Waals surface area contributed by atoms with Gasteiger partial charge in [-0.3, -0.25) is 0 Å². The molecule has 0 fully saturated rings. The standard InChI is InChI=1S/C10H10FN5/c1-16(2)10-14-12-9(13-15-10)7-3-5-8(11)6-4-7/h3-6H,1-2H3. The van der Waals surface area contributed by atoms with Crippen molar-refractivity contribution in [2.45, 2.75) is 0 Å². The summed E-state index contributed by atoms with van der Waals surface area (Å²) in [6.45, 7) is 0. The SMILES string of the molecule is CN(C)c1nnc(-c2ccc(F)cc2)nn1. The molecule has 0 bridgehead atoms. The van der Waals surface area contributed by atoms with Crippen LogP contribution in [0.3, 0.4) is 0 Å². The quantitative estimate of drug-likeness (QED) is 0.758. The zero-order valence-corrected chi connectivity index (χ0v) is 8.92. The molecule has 0 amide bonds. The van der Waals surface area contributed by atoms with Crippen LogP contribution in [0.25, 0.3) is 11.4 Å². The molecule has 0 unspecified atom stereocenters. The Morgan fingerprint density at radius 1 is 0.938 bits per heavy atom. The van der Waals surface area contributed by atoms with Crippen molar-refractivity contribution in [2.75, 3.05) is 19.0 Å². The number of anilines is 1. The molecule has 0 N–H and O–H groups in total. The van der Waals surface area contributed by atoms with Crippen LogP contribution in [-0.2, 0) is 0 Å². The first kappa shape index (κ1) is 10.4. The van der Waals surface area contributed by atoms with Crippen molar-refractivity contribution < 1.29 is 4.39 Å². The molecule has 2 aromatic rings. The molecule has 82 valence electrons.